The number of aromatic nitrogens is 1. The lowest BCUT2D eigenvalue weighted by molar-refractivity contribution is -0.143. The normalized spacial score (nSPS) is 11.4. The van der Waals surface area contributed by atoms with E-state index in [4.69, 9.17) is 6.42 Å². The molecule has 0 aromatic carbocycles. The molecule has 0 N–H and O–H groups in total. The van der Waals surface area contributed by atoms with Crippen LogP contribution >= 0.6 is 11.3 Å². The Bertz CT molecular complexity index is 435. The van der Waals surface area contributed by atoms with Gasteiger partial charge in [-0.1, -0.05) is 17.3 Å². The van der Waals surface area contributed by atoms with Crippen LogP contribution in [0, 0.1) is 19.3 Å². The smallest absolute Gasteiger partial charge is 0.283 e. The Morgan fingerprint density at radius 1 is 1.57 bits per heavy atom. The van der Waals surface area contributed by atoms with Gasteiger partial charge in [0, 0.05) is 4.88 Å². The molecule has 0 aliphatic carbocycles. The summed E-state index contributed by atoms with van der Waals surface area (Å²) in [5.74, 6) is 2.02. The molecule has 0 saturated heterocycles. The molecule has 0 aliphatic rings. The predicted octanol–water partition coefficient (Wildman–Crippen LogP) is 1.87. The second-order valence-corrected chi connectivity index (χ2v) is 3.73. The van der Waals surface area contributed by atoms with Crippen molar-refractivity contribution in [3.8, 4) is 12.3 Å². The van der Waals surface area contributed by atoms with Gasteiger partial charge in [0.25, 0.3) is 0 Å². The first-order valence-corrected chi connectivity index (χ1v) is 4.40. The Morgan fingerprint density at radius 2 is 2.14 bits per heavy atom. The molecule has 0 bridgehead atoms. The Labute approximate surface area is 82.0 Å². The molecule has 2 nitrogen and oxygen atoms in total. The van der Waals surface area contributed by atoms with Gasteiger partial charge in [-0.2, -0.15) is 13.2 Å². The molecule has 0 aliphatic heterocycles. The number of alkyl halides is 3. The summed E-state index contributed by atoms with van der Waals surface area (Å²) in [6.45, 7) is 0.903. The minimum absolute atomic E-state index is 0.0576. The highest BCUT2D eigenvalue weighted by atomic mass is 32.1. The number of thiazole rings is 1. The summed E-state index contributed by atoms with van der Waals surface area (Å²) >= 11 is 0.555. The molecule has 14 heavy (non-hydrogen) atoms. The number of hydrogen-bond donors (Lipinski definition) is 0. The van der Waals surface area contributed by atoms with E-state index in [-0.39, 0.29) is 11.4 Å². The first kappa shape index (κ1) is 10.9. The van der Waals surface area contributed by atoms with Crippen molar-refractivity contribution >= 4 is 11.3 Å². The van der Waals surface area contributed by atoms with Gasteiger partial charge in [-0.25, -0.2) is 0 Å². The molecule has 76 valence electrons. The molecule has 0 amide bonds. The third kappa shape index (κ3) is 1.82. The van der Waals surface area contributed by atoms with Crippen LogP contribution in [0.15, 0.2) is 4.79 Å². The predicted molar refractivity (Wildman–Crippen MR) is 47.2 cm³/mol. The third-order valence-electron chi connectivity index (χ3n) is 1.58. The summed E-state index contributed by atoms with van der Waals surface area (Å²) in [6.07, 6.45) is 0.351. The average Bonchev–Trinajstić information content (AvgIpc) is 2.26. The molecule has 1 heterocycles. The molecule has 0 saturated carbocycles. The van der Waals surface area contributed by atoms with E-state index in [1.807, 2.05) is 5.92 Å². The maximum absolute atomic E-state index is 12.4. The highest BCUT2D eigenvalue weighted by Crippen LogP contribution is 2.32. The number of aryl methyl sites for hydroxylation is 1. The molecule has 1 aromatic rings. The zero-order valence-corrected chi connectivity index (χ0v) is 8.00. The van der Waals surface area contributed by atoms with Crippen LogP contribution in [0.3, 0.4) is 0 Å². The number of hydrogen-bond acceptors (Lipinski definition) is 2. The topological polar surface area (TPSA) is 22.0 Å². The van der Waals surface area contributed by atoms with Crippen LogP contribution in [0.2, 0.25) is 0 Å². The Kier molecular flexibility index (Phi) is 2.71. The minimum atomic E-state index is -4.53. The largest absolute Gasteiger partial charge is 0.432 e. The second-order valence-electron chi connectivity index (χ2n) is 2.56. The molecule has 1 rings (SSSR count). The van der Waals surface area contributed by atoms with Crippen molar-refractivity contribution in [3.63, 3.8) is 0 Å². The van der Waals surface area contributed by atoms with Crippen molar-refractivity contribution in [3.05, 3.63) is 20.2 Å². The van der Waals surface area contributed by atoms with Crippen LogP contribution in [0.25, 0.3) is 0 Å². The molecule has 1 aromatic heterocycles. The monoisotopic (exact) mass is 221 g/mol. The molecule has 0 radical (unpaired) electrons. The maximum Gasteiger partial charge on any atom is 0.432 e. The van der Waals surface area contributed by atoms with E-state index in [0.717, 1.165) is 0 Å². The van der Waals surface area contributed by atoms with E-state index in [1.165, 1.54) is 6.92 Å². The summed E-state index contributed by atoms with van der Waals surface area (Å²) < 4.78 is 37.8. The number of nitrogens with zero attached hydrogens (tertiary/aromatic N) is 1. The zero-order chi connectivity index (χ0) is 10.9. The first-order chi connectivity index (χ1) is 6.38. The molecule has 0 unspecified atom stereocenters. The fraction of sp³-hybridized carbons (Fsp3) is 0.375. The van der Waals surface area contributed by atoms with Crippen LogP contribution in [-0.4, -0.2) is 4.57 Å². The highest BCUT2D eigenvalue weighted by molar-refractivity contribution is 7.09. The summed E-state index contributed by atoms with van der Waals surface area (Å²) in [5, 5.41) is 0. The van der Waals surface area contributed by atoms with Crippen LogP contribution in [-0.2, 0) is 12.7 Å². The number of rotatable bonds is 1. The van der Waals surface area contributed by atoms with Gasteiger partial charge in [-0.15, -0.1) is 6.42 Å². The maximum atomic E-state index is 12.4. The van der Waals surface area contributed by atoms with Crippen LogP contribution < -0.4 is 4.87 Å². The third-order valence-corrected chi connectivity index (χ3v) is 2.48. The van der Waals surface area contributed by atoms with Crippen molar-refractivity contribution in [2.24, 2.45) is 0 Å². The zero-order valence-electron chi connectivity index (χ0n) is 7.18. The van der Waals surface area contributed by atoms with E-state index in [0.29, 0.717) is 15.9 Å². The molecule has 0 atom stereocenters. The SMILES string of the molecule is C#CCn1c(C(F)(F)F)c(C)sc1=O. The average molecular weight is 221 g/mol. The van der Waals surface area contributed by atoms with Gasteiger partial charge in [-0.3, -0.25) is 9.36 Å². The van der Waals surface area contributed by atoms with Gasteiger partial charge in [0.05, 0.1) is 6.54 Å². The first-order valence-electron chi connectivity index (χ1n) is 3.58. The van der Waals surface area contributed by atoms with Crippen LogP contribution in [0.5, 0.6) is 0 Å². The van der Waals surface area contributed by atoms with Crippen LogP contribution in [0.1, 0.15) is 10.6 Å². The highest BCUT2D eigenvalue weighted by Gasteiger charge is 2.37. The molecule has 0 spiro atoms. The molecule has 6 heteroatoms. The van der Waals surface area contributed by atoms with Crippen LogP contribution in [0.4, 0.5) is 13.2 Å². The molecular weight excluding hydrogens is 215 g/mol. The van der Waals surface area contributed by atoms with Crippen molar-refractivity contribution in [2.45, 2.75) is 19.6 Å². The van der Waals surface area contributed by atoms with E-state index in [1.54, 1.807) is 0 Å². The molecular formula is C8H6F3NOS. The van der Waals surface area contributed by atoms with E-state index in [9.17, 15) is 18.0 Å². The summed E-state index contributed by atoms with van der Waals surface area (Å²) in [4.78, 5) is 10.4. The van der Waals surface area contributed by atoms with Crippen molar-refractivity contribution in [1.82, 2.24) is 4.57 Å². The standard InChI is InChI=1S/C8H6F3NOS/c1-3-4-12-6(8(9,10)11)5(2)14-7(12)13/h1H,4H2,2H3. The fourth-order valence-corrected chi connectivity index (χ4v) is 1.95. The Hall–Kier alpha value is -1.22. The Morgan fingerprint density at radius 3 is 2.57 bits per heavy atom. The van der Waals surface area contributed by atoms with Gasteiger partial charge >= 0.3 is 11.0 Å². The second kappa shape index (κ2) is 3.50. The van der Waals surface area contributed by atoms with Gasteiger partial charge in [0.15, 0.2) is 0 Å². The van der Waals surface area contributed by atoms with Gasteiger partial charge in [-0.05, 0) is 6.92 Å². The lowest BCUT2D eigenvalue weighted by Crippen LogP contribution is -2.21. The summed E-state index contributed by atoms with van der Waals surface area (Å²) in [6, 6.07) is 0. The Balaban J connectivity index is 3.42. The number of terminal acetylenes is 1. The van der Waals surface area contributed by atoms with Gasteiger partial charge in [0.2, 0.25) is 0 Å². The van der Waals surface area contributed by atoms with Crippen molar-refractivity contribution in [2.75, 3.05) is 0 Å². The van der Waals surface area contributed by atoms with Gasteiger partial charge in [0.1, 0.15) is 5.69 Å². The van der Waals surface area contributed by atoms with Gasteiger partial charge < -0.3 is 0 Å². The van der Waals surface area contributed by atoms with E-state index < -0.39 is 16.7 Å². The van der Waals surface area contributed by atoms with E-state index >= 15 is 0 Å². The van der Waals surface area contributed by atoms with Crippen molar-refractivity contribution in [1.29, 1.82) is 0 Å². The molecule has 0 fully saturated rings. The minimum Gasteiger partial charge on any atom is -0.283 e. The fourth-order valence-electron chi connectivity index (χ4n) is 1.10. The van der Waals surface area contributed by atoms with E-state index in [2.05, 4.69) is 0 Å². The quantitative estimate of drug-likeness (QED) is 0.663. The summed E-state index contributed by atoms with van der Waals surface area (Å²) in [7, 11) is 0. The number of halogens is 3. The summed E-state index contributed by atoms with van der Waals surface area (Å²) in [5.41, 5.74) is -0.939. The lowest BCUT2D eigenvalue weighted by atomic mass is 10.3. The lowest BCUT2D eigenvalue weighted by Gasteiger charge is -2.08. The van der Waals surface area contributed by atoms with Crippen molar-refractivity contribution < 1.29 is 13.2 Å².